The fraction of sp³-hybridized carbons (Fsp3) is 0.316. The number of ether oxygens (including phenoxy) is 1. The summed E-state index contributed by atoms with van der Waals surface area (Å²) in [5, 5.41) is -0.322. The van der Waals surface area contributed by atoms with Gasteiger partial charge in [0, 0.05) is 29.7 Å². The van der Waals surface area contributed by atoms with Gasteiger partial charge in [-0.1, -0.05) is 0 Å². The Morgan fingerprint density at radius 2 is 1.86 bits per heavy atom. The first-order valence-corrected chi connectivity index (χ1v) is 11.1. The van der Waals surface area contributed by atoms with Crippen molar-refractivity contribution < 1.29 is 26.7 Å². The first-order chi connectivity index (χ1) is 13.3. The minimum absolute atomic E-state index is 0.0699. The van der Waals surface area contributed by atoms with Gasteiger partial charge in [-0.15, -0.1) is 0 Å². The number of carbonyl (C=O) groups excluding carboxylic acids is 1. The summed E-state index contributed by atoms with van der Waals surface area (Å²) in [7, 11) is -2.51. The highest BCUT2D eigenvalue weighted by molar-refractivity contribution is 7.99. The van der Waals surface area contributed by atoms with E-state index in [0.29, 0.717) is 12.2 Å². The molecule has 150 valence electrons. The van der Waals surface area contributed by atoms with E-state index in [2.05, 4.69) is 4.74 Å². The van der Waals surface area contributed by atoms with Gasteiger partial charge in [-0.25, -0.2) is 22.0 Å². The van der Waals surface area contributed by atoms with Gasteiger partial charge in [0.2, 0.25) is 10.0 Å². The zero-order chi connectivity index (χ0) is 20.3. The molecule has 0 spiro atoms. The second-order valence-corrected chi connectivity index (χ2v) is 9.48. The summed E-state index contributed by atoms with van der Waals surface area (Å²) in [6.07, 6.45) is 0.366. The van der Waals surface area contributed by atoms with E-state index >= 15 is 0 Å². The second kappa shape index (κ2) is 8.59. The molecule has 0 N–H and O–H groups in total. The number of nitrogens with zero attached hydrogens (tertiary/aromatic N) is 1. The summed E-state index contributed by atoms with van der Waals surface area (Å²) in [6, 6.07) is 8.85. The van der Waals surface area contributed by atoms with Crippen molar-refractivity contribution in [3.8, 4) is 0 Å². The summed E-state index contributed by atoms with van der Waals surface area (Å²) in [4.78, 5) is 11.6. The zero-order valence-corrected chi connectivity index (χ0v) is 16.7. The highest BCUT2D eigenvalue weighted by Gasteiger charge is 2.29. The number of methoxy groups -OCH3 is 1. The van der Waals surface area contributed by atoms with E-state index in [0.717, 1.165) is 12.1 Å². The van der Waals surface area contributed by atoms with Crippen LogP contribution in [0.15, 0.2) is 47.4 Å². The summed E-state index contributed by atoms with van der Waals surface area (Å²) < 4.78 is 59.3. The summed E-state index contributed by atoms with van der Waals surface area (Å²) in [5.41, 5.74) is 0.515. The van der Waals surface area contributed by atoms with E-state index in [1.54, 1.807) is 0 Å². The first kappa shape index (κ1) is 20.8. The molecule has 1 atom stereocenters. The molecule has 2 aromatic rings. The average molecular weight is 427 g/mol. The van der Waals surface area contributed by atoms with Gasteiger partial charge in [0.25, 0.3) is 0 Å². The fourth-order valence-electron chi connectivity index (χ4n) is 3.03. The standard InChI is InChI=1S/C19H19F2NO4S2/c1-26-19(23)13-2-5-15(6-3-13)28(24,25)22-9-8-18(27-11-10-22)16-12-14(20)4-7-17(16)21/h2-7,12,18H,8-11H2,1H3/t18-/m0/s1. The van der Waals surface area contributed by atoms with Gasteiger partial charge in [0.15, 0.2) is 0 Å². The van der Waals surface area contributed by atoms with Gasteiger partial charge >= 0.3 is 5.97 Å². The van der Waals surface area contributed by atoms with E-state index < -0.39 is 27.6 Å². The molecular formula is C19H19F2NO4S2. The summed E-state index contributed by atoms with van der Waals surface area (Å²) in [5.74, 6) is -1.10. The zero-order valence-electron chi connectivity index (χ0n) is 15.1. The Bertz CT molecular complexity index is 964. The van der Waals surface area contributed by atoms with E-state index in [1.807, 2.05) is 0 Å². The molecule has 5 nitrogen and oxygen atoms in total. The molecule has 0 bridgehead atoms. The van der Waals surface area contributed by atoms with Crippen molar-refractivity contribution in [2.45, 2.75) is 16.6 Å². The van der Waals surface area contributed by atoms with Crippen molar-refractivity contribution in [2.75, 3.05) is 26.0 Å². The van der Waals surface area contributed by atoms with E-state index in [1.165, 1.54) is 53.5 Å². The molecule has 0 saturated carbocycles. The molecule has 28 heavy (non-hydrogen) atoms. The molecule has 0 radical (unpaired) electrons. The largest absolute Gasteiger partial charge is 0.465 e. The topological polar surface area (TPSA) is 63.7 Å². The number of esters is 1. The lowest BCUT2D eigenvalue weighted by atomic mass is 10.1. The minimum atomic E-state index is -3.76. The van der Waals surface area contributed by atoms with Crippen molar-refractivity contribution >= 4 is 27.8 Å². The molecule has 1 saturated heterocycles. The smallest absolute Gasteiger partial charge is 0.337 e. The van der Waals surface area contributed by atoms with E-state index in [-0.39, 0.29) is 34.4 Å². The Balaban J connectivity index is 1.77. The maximum Gasteiger partial charge on any atom is 0.337 e. The Hall–Kier alpha value is -1.97. The van der Waals surface area contributed by atoms with Crippen LogP contribution in [0.5, 0.6) is 0 Å². The third-order valence-corrected chi connectivity index (χ3v) is 7.74. The SMILES string of the molecule is COC(=O)c1ccc(S(=O)(=O)N2CCS[C@H](c3cc(F)ccc3F)CC2)cc1. The third kappa shape index (κ3) is 4.37. The number of hydrogen-bond acceptors (Lipinski definition) is 5. The maximum absolute atomic E-state index is 14.1. The van der Waals surface area contributed by atoms with E-state index in [9.17, 15) is 22.0 Å². The quantitative estimate of drug-likeness (QED) is 0.698. The number of hydrogen-bond donors (Lipinski definition) is 0. The lowest BCUT2D eigenvalue weighted by Gasteiger charge is -2.20. The molecule has 0 aliphatic carbocycles. The maximum atomic E-state index is 14.1. The van der Waals surface area contributed by atoms with Crippen LogP contribution in [-0.2, 0) is 14.8 Å². The lowest BCUT2D eigenvalue weighted by Crippen LogP contribution is -2.33. The van der Waals surface area contributed by atoms with Crippen molar-refractivity contribution in [3.63, 3.8) is 0 Å². The van der Waals surface area contributed by atoms with E-state index in [4.69, 9.17) is 0 Å². The van der Waals surface area contributed by atoms with Crippen LogP contribution in [0.4, 0.5) is 8.78 Å². The predicted molar refractivity (Wildman–Crippen MR) is 103 cm³/mol. The Labute approximate surface area is 166 Å². The summed E-state index contributed by atoms with van der Waals surface area (Å²) in [6.45, 7) is 0.452. The van der Waals surface area contributed by atoms with Crippen LogP contribution in [0.1, 0.15) is 27.6 Å². The molecule has 1 fully saturated rings. The van der Waals surface area contributed by atoms with Crippen LogP contribution in [0.25, 0.3) is 0 Å². The van der Waals surface area contributed by atoms with Crippen molar-refractivity contribution in [1.82, 2.24) is 4.31 Å². The minimum Gasteiger partial charge on any atom is -0.465 e. The van der Waals surface area contributed by atoms with Crippen molar-refractivity contribution in [2.24, 2.45) is 0 Å². The fourth-order valence-corrected chi connectivity index (χ4v) is 5.84. The molecule has 0 aromatic heterocycles. The molecule has 1 aliphatic heterocycles. The van der Waals surface area contributed by atoms with Gasteiger partial charge in [0.1, 0.15) is 11.6 Å². The molecule has 0 unspecified atom stereocenters. The molecule has 0 amide bonds. The van der Waals surface area contributed by atoms with Gasteiger partial charge in [-0.05, 0) is 48.9 Å². The van der Waals surface area contributed by atoms with Gasteiger partial charge in [0.05, 0.1) is 17.6 Å². The van der Waals surface area contributed by atoms with Crippen LogP contribution in [0.2, 0.25) is 0 Å². The number of benzene rings is 2. The highest BCUT2D eigenvalue weighted by atomic mass is 32.2. The van der Waals surface area contributed by atoms with Gasteiger partial charge < -0.3 is 4.74 Å². The number of rotatable bonds is 4. The predicted octanol–water partition coefficient (Wildman–Crippen LogP) is 3.62. The van der Waals surface area contributed by atoms with Gasteiger partial charge in [-0.2, -0.15) is 16.1 Å². The number of sulfonamides is 1. The Morgan fingerprint density at radius 3 is 2.54 bits per heavy atom. The molecule has 1 aliphatic rings. The summed E-state index contributed by atoms with van der Waals surface area (Å²) >= 11 is 1.41. The molecular weight excluding hydrogens is 408 g/mol. The molecule has 3 rings (SSSR count). The van der Waals surface area contributed by atoms with Crippen molar-refractivity contribution in [1.29, 1.82) is 0 Å². The Morgan fingerprint density at radius 1 is 1.14 bits per heavy atom. The monoisotopic (exact) mass is 427 g/mol. The highest BCUT2D eigenvalue weighted by Crippen LogP contribution is 2.37. The number of thioether (sulfide) groups is 1. The number of halogens is 2. The molecule has 1 heterocycles. The van der Waals surface area contributed by atoms with Crippen LogP contribution in [0.3, 0.4) is 0 Å². The lowest BCUT2D eigenvalue weighted by molar-refractivity contribution is 0.0600. The molecule has 2 aromatic carbocycles. The third-order valence-electron chi connectivity index (χ3n) is 4.52. The van der Waals surface area contributed by atoms with Crippen molar-refractivity contribution in [3.05, 3.63) is 65.2 Å². The second-order valence-electron chi connectivity index (χ2n) is 6.23. The average Bonchev–Trinajstić information content (AvgIpc) is 2.96. The number of carbonyl (C=O) groups is 1. The molecule has 9 heteroatoms. The van der Waals surface area contributed by atoms with Crippen LogP contribution in [-0.4, -0.2) is 44.6 Å². The van der Waals surface area contributed by atoms with Gasteiger partial charge in [-0.3, -0.25) is 0 Å². The first-order valence-electron chi connectivity index (χ1n) is 8.58. The van der Waals surface area contributed by atoms with Crippen LogP contribution >= 0.6 is 11.8 Å². The van der Waals surface area contributed by atoms with Crippen LogP contribution < -0.4 is 0 Å². The Kier molecular flexibility index (Phi) is 6.36. The normalized spacial score (nSPS) is 18.5. The van der Waals surface area contributed by atoms with Crippen LogP contribution in [0, 0.1) is 11.6 Å².